The topological polar surface area (TPSA) is 139 Å². The van der Waals surface area contributed by atoms with E-state index in [1.165, 1.54) is 48.6 Å². The molecule has 26 heavy (non-hydrogen) atoms. The molecule has 0 saturated heterocycles. The monoisotopic (exact) mass is 353 g/mol. The molecular formula is C19H15NO6. The second-order valence-electron chi connectivity index (χ2n) is 4.83. The van der Waals surface area contributed by atoms with Crippen LogP contribution in [-0.4, -0.2) is 32.4 Å². The number of hydrogen-bond acceptors (Lipinski definition) is 5. The summed E-state index contributed by atoms with van der Waals surface area (Å²) in [5.41, 5.74) is 0.965. The molecule has 0 radical (unpaired) electrons. The van der Waals surface area contributed by atoms with E-state index in [2.05, 4.69) is 0 Å². The summed E-state index contributed by atoms with van der Waals surface area (Å²) >= 11 is 0. The van der Waals surface area contributed by atoms with Crippen molar-refractivity contribution < 1.29 is 30.0 Å². The molecule has 0 aromatic heterocycles. The second-order valence-corrected chi connectivity index (χ2v) is 4.83. The number of benzene rings is 2. The summed E-state index contributed by atoms with van der Waals surface area (Å²) in [5.74, 6) is -1.98. The standard InChI is InChI=1S/C10H7NO3.C9H8O3/c11-6-8(10(13)14)5-7-1-3-9(12)4-2-7;10-8-4-1-7(2-5-8)3-6-9(11)12/h1-5,12H,(H,13,14);1-6,10H,(H,11,12)/b8-5+;. The number of carbonyl (C=O) groups is 2. The number of aromatic hydroxyl groups is 2. The Kier molecular flexibility index (Phi) is 7.65. The zero-order valence-electron chi connectivity index (χ0n) is 13.4. The number of hydrogen-bond donors (Lipinski definition) is 4. The maximum atomic E-state index is 10.5. The van der Waals surface area contributed by atoms with Crippen molar-refractivity contribution in [3.63, 3.8) is 0 Å². The van der Waals surface area contributed by atoms with Gasteiger partial charge in [-0.1, -0.05) is 24.3 Å². The highest BCUT2D eigenvalue weighted by atomic mass is 16.4. The van der Waals surface area contributed by atoms with Crippen LogP contribution in [0.1, 0.15) is 11.1 Å². The second kappa shape index (κ2) is 9.95. The first-order chi connectivity index (χ1) is 12.3. The van der Waals surface area contributed by atoms with Crippen LogP contribution in [-0.2, 0) is 9.59 Å². The lowest BCUT2D eigenvalue weighted by Crippen LogP contribution is -1.97. The molecule has 2 aromatic carbocycles. The van der Waals surface area contributed by atoms with Gasteiger partial charge in [0.1, 0.15) is 23.1 Å². The molecule has 0 fully saturated rings. The van der Waals surface area contributed by atoms with E-state index in [4.69, 9.17) is 25.7 Å². The van der Waals surface area contributed by atoms with Gasteiger partial charge in [0.25, 0.3) is 0 Å². The Morgan fingerprint density at radius 2 is 1.31 bits per heavy atom. The van der Waals surface area contributed by atoms with Gasteiger partial charge in [-0.3, -0.25) is 0 Å². The summed E-state index contributed by atoms with van der Waals surface area (Å²) in [7, 11) is 0. The van der Waals surface area contributed by atoms with Gasteiger partial charge in [0, 0.05) is 6.08 Å². The lowest BCUT2D eigenvalue weighted by Gasteiger charge is -1.94. The summed E-state index contributed by atoms with van der Waals surface area (Å²) in [6.45, 7) is 0. The van der Waals surface area contributed by atoms with E-state index in [9.17, 15) is 9.59 Å². The fourth-order valence-electron chi connectivity index (χ4n) is 1.63. The molecule has 0 amide bonds. The molecule has 0 aliphatic heterocycles. The summed E-state index contributed by atoms with van der Waals surface area (Å²) in [6, 6.07) is 13.7. The number of carboxylic acids is 2. The first-order valence-corrected chi connectivity index (χ1v) is 7.16. The molecule has 132 valence electrons. The van der Waals surface area contributed by atoms with Crippen molar-refractivity contribution in [2.75, 3.05) is 0 Å². The maximum Gasteiger partial charge on any atom is 0.346 e. The van der Waals surface area contributed by atoms with Crippen molar-refractivity contribution in [3.8, 4) is 17.6 Å². The van der Waals surface area contributed by atoms with Crippen LogP contribution in [0, 0.1) is 11.3 Å². The molecule has 2 aromatic rings. The molecule has 0 saturated carbocycles. The first kappa shape index (κ1) is 20.0. The van der Waals surface area contributed by atoms with E-state index in [-0.39, 0.29) is 17.1 Å². The third-order valence-corrected chi connectivity index (χ3v) is 2.87. The highest BCUT2D eigenvalue weighted by molar-refractivity contribution is 5.96. The SMILES string of the molecule is N#C/C(=C\c1ccc(O)cc1)C(=O)O.O=C(O)C=Cc1ccc(O)cc1. The van der Waals surface area contributed by atoms with E-state index >= 15 is 0 Å². The molecule has 0 spiro atoms. The van der Waals surface area contributed by atoms with Crippen LogP contribution in [0.3, 0.4) is 0 Å². The van der Waals surface area contributed by atoms with Gasteiger partial charge >= 0.3 is 11.9 Å². The van der Waals surface area contributed by atoms with Gasteiger partial charge in [-0.15, -0.1) is 0 Å². The van der Waals surface area contributed by atoms with E-state index in [1.54, 1.807) is 18.2 Å². The third kappa shape index (κ3) is 7.48. The van der Waals surface area contributed by atoms with Crippen LogP contribution in [0.25, 0.3) is 12.2 Å². The van der Waals surface area contributed by atoms with Crippen molar-refractivity contribution in [1.29, 1.82) is 5.26 Å². The normalized spacial score (nSPS) is 10.5. The van der Waals surface area contributed by atoms with Gasteiger partial charge in [-0.2, -0.15) is 5.26 Å². The molecule has 0 unspecified atom stereocenters. The summed E-state index contributed by atoms with van der Waals surface area (Å²) in [6.07, 6.45) is 3.75. The molecule has 0 aliphatic carbocycles. The number of nitrogens with zero attached hydrogens (tertiary/aromatic N) is 1. The summed E-state index contributed by atoms with van der Waals surface area (Å²) in [4.78, 5) is 20.6. The molecular weight excluding hydrogens is 338 g/mol. The number of nitriles is 1. The third-order valence-electron chi connectivity index (χ3n) is 2.87. The Labute approximate surface area is 149 Å². The number of phenolic OH excluding ortho intramolecular Hbond substituents is 2. The Morgan fingerprint density at radius 3 is 1.69 bits per heavy atom. The molecule has 0 heterocycles. The Bertz CT molecular complexity index is 858. The van der Waals surface area contributed by atoms with E-state index < -0.39 is 11.9 Å². The highest BCUT2D eigenvalue weighted by Gasteiger charge is 2.04. The van der Waals surface area contributed by atoms with Crippen molar-refractivity contribution in [2.45, 2.75) is 0 Å². The Hall–Kier alpha value is -4.05. The van der Waals surface area contributed by atoms with Gasteiger partial charge < -0.3 is 20.4 Å². The van der Waals surface area contributed by atoms with Crippen LogP contribution in [0.2, 0.25) is 0 Å². The number of carboxylic acid groups (broad SMARTS) is 2. The quantitative estimate of drug-likeness (QED) is 0.489. The van der Waals surface area contributed by atoms with Crippen molar-refractivity contribution in [1.82, 2.24) is 0 Å². The Balaban J connectivity index is 0.000000263. The van der Waals surface area contributed by atoms with Crippen molar-refractivity contribution >= 4 is 24.1 Å². The van der Waals surface area contributed by atoms with Crippen molar-refractivity contribution in [2.24, 2.45) is 0 Å². The summed E-state index contributed by atoms with van der Waals surface area (Å²) in [5, 5.41) is 43.2. The molecule has 7 nitrogen and oxygen atoms in total. The number of phenols is 2. The van der Waals surface area contributed by atoms with E-state index in [1.807, 2.05) is 0 Å². The molecule has 0 atom stereocenters. The smallest absolute Gasteiger partial charge is 0.346 e. The molecule has 0 aliphatic rings. The molecule has 0 bridgehead atoms. The Morgan fingerprint density at radius 1 is 0.846 bits per heavy atom. The molecule has 7 heteroatoms. The van der Waals surface area contributed by atoms with Crippen LogP contribution < -0.4 is 0 Å². The van der Waals surface area contributed by atoms with Crippen LogP contribution in [0.4, 0.5) is 0 Å². The van der Waals surface area contributed by atoms with Gasteiger partial charge in [0.2, 0.25) is 0 Å². The van der Waals surface area contributed by atoms with Gasteiger partial charge in [0.05, 0.1) is 0 Å². The van der Waals surface area contributed by atoms with Crippen LogP contribution in [0.5, 0.6) is 11.5 Å². The van der Waals surface area contributed by atoms with Gasteiger partial charge in [0.15, 0.2) is 0 Å². The maximum absolute atomic E-state index is 10.5. The average Bonchev–Trinajstić information content (AvgIpc) is 2.61. The minimum Gasteiger partial charge on any atom is -0.508 e. The van der Waals surface area contributed by atoms with Gasteiger partial charge in [-0.05, 0) is 47.5 Å². The predicted molar refractivity (Wildman–Crippen MR) is 94.1 cm³/mol. The minimum absolute atomic E-state index is 0.0935. The van der Waals surface area contributed by atoms with E-state index in [0.29, 0.717) is 5.56 Å². The zero-order chi connectivity index (χ0) is 19.5. The molecule has 2 rings (SSSR count). The lowest BCUT2D eigenvalue weighted by molar-refractivity contribution is -0.132. The number of aliphatic carboxylic acids is 2. The minimum atomic E-state index is -1.26. The van der Waals surface area contributed by atoms with Crippen LogP contribution in [0.15, 0.2) is 60.2 Å². The number of rotatable bonds is 4. The molecule has 4 N–H and O–H groups in total. The predicted octanol–water partition coefficient (Wildman–Crippen LogP) is 2.87. The fraction of sp³-hybridized carbons (Fsp3) is 0. The fourth-order valence-corrected chi connectivity index (χ4v) is 1.63. The van der Waals surface area contributed by atoms with Crippen LogP contribution >= 0.6 is 0 Å². The summed E-state index contributed by atoms with van der Waals surface area (Å²) < 4.78 is 0. The average molecular weight is 353 g/mol. The van der Waals surface area contributed by atoms with Crippen molar-refractivity contribution in [3.05, 3.63) is 71.3 Å². The van der Waals surface area contributed by atoms with Gasteiger partial charge in [-0.25, -0.2) is 9.59 Å². The highest BCUT2D eigenvalue weighted by Crippen LogP contribution is 2.12. The lowest BCUT2D eigenvalue weighted by atomic mass is 10.1. The zero-order valence-corrected chi connectivity index (χ0v) is 13.4. The largest absolute Gasteiger partial charge is 0.508 e. The van der Waals surface area contributed by atoms with E-state index in [0.717, 1.165) is 11.6 Å². The first-order valence-electron chi connectivity index (χ1n) is 7.16.